The van der Waals surface area contributed by atoms with Gasteiger partial charge in [0, 0.05) is 18.7 Å². The maximum atomic E-state index is 10.9. The molecular weight excluding hydrogens is 178 g/mol. The van der Waals surface area contributed by atoms with Gasteiger partial charge in [0.25, 0.3) is 0 Å². The van der Waals surface area contributed by atoms with Crippen LogP contribution in [-0.4, -0.2) is 35.5 Å². The number of rotatable bonds is 6. The van der Waals surface area contributed by atoms with Crippen molar-refractivity contribution in [1.29, 1.82) is 0 Å². The van der Waals surface area contributed by atoms with Crippen LogP contribution in [0.3, 0.4) is 0 Å². The second-order valence-corrected chi connectivity index (χ2v) is 3.37. The first-order valence-electron chi connectivity index (χ1n) is 3.69. The van der Waals surface area contributed by atoms with Gasteiger partial charge in [-0.15, -0.1) is 0 Å². The van der Waals surface area contributed by atoms with Gasteiger partial charge in [0.1, 0.15) is 0 Å². The van der Waals surface area contributed by atoms with Crippen molar-refractivity contribution < 1.29 is 14.7 Å². The summed E-state index contributed by atoms with van der Waals surface area (Å²) < 4.78 is 0. The molecule has 0 aromatic heterocycles. The lowest BCUT2D eigenvalue weighted by Gasteiger charge is -1.97. The Balaban J connectivity index is 3.28. The minimum Gasteiger partial charge on any atom is -0.481 e. The molecule has 0 aliphatic carbocycles. The summed E-state index contributed by atoms with van der Waals surface area (Å²) >= 11 is 1.18. The lowest BCUT2D eigenvalue weighted by atomic mass is 10.3. The first-order valence-corrected chi connectivity index (χ1v) is 4.67. The van der Waals surface area contributed by atoms with Gasteiger partial charge in [-0.3, -0.25) is 9.59 Å². The van der Waals surface area contributed by atoms with Crippen molar-refractivity contribution >= 4 is 22.8 Å². The van der Waals surface area contributed by atoms with Crippen molar-refractivity contribution in [3.05, 3.63) is 0 Å². The van der Waals surface area contributed by atoms with Crippen LogP contribution in [0.4, 0.5) is 0 Å². The van der Waals surface area contributed by atoms with Gasteiger partial charge in [-0.2, -0.15) is 0 Å². The molecule has 4 nitrogen and oxygen atoms in total. The molecule has 0 rings (SSSR count). The molecule has 0 heterocycles. The minimum atomic E-state index is -0.919. The second-order valence-electron chi connectivity index (χ2n) is 2.22. The van der Waals surface area contributed by atoms with E-state index >= 15 is 0 Å². The highest BCUT2D eigenvalue weighted by atomic mass is 32.2. The Morgan fingerprint density at radius 1 is 1.42 bits per heavy atom. The fraction of sp³-hybridized carbons (Fsp3) is 0.714. The Kier molecular flexibility index (Phi) is 6.79. The van der Waals surface area contributed by atoms with Crippen molar-refractivity contribution in [3.8, 4) is 0 Å². The number of carbonyl (C=O) groups is 2. The van der Waals surface area contributed by atoms with Gasteiger partial charge in [-0.1, -0.05) is 11.8 Å². The Morgan fingerprint density at radius 2 is 2.08 bits per heavy atom. The normalized spacial score (nSPS) is 9.75. The summed E-state index contributed by atoms with van der Waals surface area (Å²) in [7, 11) is 1.81. The first-order chi connectivity index (χ1) is 5.66. The van der Waals surface area contributed by atoms with E-state index < -0.39 is 5.97 Å². The molecule has 0 bridgehead atoms. The number of hydrogen-bond donors (Lipinski definition) is 2. The van der Waals surface area contributed by atoms with E-state index in [1.807, 2.05) is 7.05 Å². The summed E-state index contributed by atoms with van der Waals surface area (Å²) in [6.45, 7) is 0.767. The largest absolute Gasteiger partial charge is 0.481 e. The number of nitrogens with one attached hydrogen (secondary N) is 1. The van der Waals surface area contributed by atoms with Crippen LogP contribution < -0.4 is 5.32 Å². The van der Waals surface area contributed by atoms with Gasteiger partial charge >= 0.3 is 5.97 Å². The van der Waals surface area contributed by atoms with Crippen LogP contribution in [0.15, 0.2) is 0 Å². The van der Waals surface area contributed by atoms with Crippen LogP contribution in [0.5, 0.6) is 0 Å². The first kappa shape index (κ1) is 11.4. The quantitative estimate of drug-likeness (QED) is 0.592. The van der Waals surface area contributed by atoms with Gasteiger partial charge in [0.15, 0.2) is 5.12 Å². The predicted octanol–water partition coefficient (Wildman–Crippen LogP) is 0.330. The fourth-order valence-electron chi connectivity index (χ4n) is 0.548. The van der Waals surface area contributed by atoms with Crippen molar-refractivity contribution in [3.63, 3.8) is 0 Å². The zero-order chi connectivity index (χ0) is 9.40. The van der Waals surface area contributed by atoms with Crippen LogP contribution in [0.25, 0.3) is 0 Å². The molecule has 0 aliphatic rings. The van der Waals surface area contributed by atoms with E-state index in [9.17, 15) is 9.59 Å². The molecule has 2 N–H and O–H groups in total. The molecule has 70 valence electrons. The molecule has 0 spiro atoms. The topological polar surface area (TPSA) is 66.4 Å². The highest BCUT2D eigenvalue weighted by molar-refractivity contribution is 8.13. The standard InChI is InChI=1S/C7H13NO3S/c1-8-4-5-12-7(11)3-2-6(9)10/h8H,2-5H2,1H3,(H,9,10). The van der Waals surface area contributed by atoms with Crippen LogP contribution in [0.1, 0.15) is 12.8 Å². The Morgan fingerprint density at radius 3 is 2.58 bits per heavy atom. The number of aliphatic carboxylic acids is 1. The highest BCUT2D eigenvalue weighted by Crippen LogP contribution is 2.06. The van der Waals surface area contributed by atoms with E-state index in [0.717, 1.165) is 6.54 Å². The maximum absolute atomic E-state index is 10.9. The molecule has 0 amide bonds. The lowest BCUT2D eigenvalue weighted by molar-refractivity contribution is -0.137. The van der Waals surface area contributed by atoms with Crippen LogP contribution in [-0.2, 0) is 9.59 Å². The van der Waals surface area contributed by atoms with Gasteiger partial charge < -0.3 is 10.4 Å². The van der Waals surface area contributed by atoms with Crippen LogP contribution in [0, 0.1) is 0 Å². The fourth-order valence-corrected chi connectivity index (χ4v) is 1.33. The molecule has 0 saturated carbocycles. The average Bonchev–Trinajstić information content (AvgIpc) is 2.01. The van der Waals surface area contributed by atoms with E-state index in [0.29, 0.717) is 5.75 Å². The zero-order valence-electron chi connectivity index (χ0n) is 7.00. The van der Waals surface area contributed by atoms with Gasteiger partial charge in [0.05, 0.1) is 6.42 Å². The summed E-state index contributed by atoms with van der Waals surface area (Å²) in [6, 6.07) is 0. The smallest absolute Gasteiger partial charge is 0.303 e. The highest BCUT2D eigenvalue weighted by Gasteiger charge is 2.04. The predicted molar refractivity (Wildman–Crippen MR) is 48.3 cm³/mol. The number of carboxylic acids is 1. The Bertz CT molecular complexity index is 161. The summed E-state index contributed by atoms with van der Waals surface area (Å²) in [5, 5.41) is 11.1. The zero-order valence-corrected chi connectivity index (χ0v) is 7.82. The van der Waals surface area contributed by atoms with E-state index in [4.69, 9.17) is 5.11 Å². The Hall–Kier alpha value is -0.550. The van der Waals surface area contributed by atoms with Crippen LogP contribution >= 0.6 is 11.8 Å². The van der Waals surface area contributed by atoms with Crippen molar-refractivity contribution in [1.82, 2.24) is 5.32 Å². The molecule has 5 heteroatoms. The third-order valence-corrected chi connectivity index (χ3v) is 2.09. The third kappa shape index (κ3) is 7.56. The second kappa shape index (κ2) is 7.12. The Labute approximate surface area is 75.7 Å². The van der Waals surface area contributed by atoms with Crippen molar-refractivity contribution in [2.75, 3.05) is 19.3 Å². The monoisotopic (exact) mass is 191 g/mol. The SMILES string of the molecule is CNCCSC(=O)CCC(=O)O. The molecule has 0 aliphatic heterocycles. The van der Waals surface area contributed by atoms with E-state index in [2.05, 4.69) is 5.32 Å². The van der Waals surface area contributed by atoms with E-state index in [1.54, 1.807) is 0 Å². The summed E-state index contributed by atoms with van der Waals surface area (Å²) in [4.78, 5) is 21.0. The molecule has 0 radical (unpaired) electrons. The van der Waals surface area contributed by atoms with Gasteiger partial charge in [-0.25, -0.2) is 0 Å². The number of hydrogen-bond acceptors (Lipinski definition) is 4. The summed E-state index contributed by atoms with van der Waals surface area (Å²) in [5.74, 6) is -0.216. The lowest BCUT2D eigenvalue weighted by Crippen LogP contribution is -2.11. The molecule has 0 saturated heterocycles. The third-order valence-electron chi connectivity index (χ3n) is 1.16. The molecule has 0 aromatic carbocycles. The summed E-state index contributed by atoms with van der Waals surface area (Å²) in [6.07, 6.45) is 0.0646. The molecule has 0 aromatic rings. The molecular formula is C7H13NO3S. The van der Waals surface area contributed by atoms with Crippen molar-refractivity contribution in [2.45, 2.75) is 12.8 Å². The number of carbonyl (C=O) groups excluding carboxylic acids is 1. The van der Waals surface area contributed by atoms with Crippen molar-refractivity contribution in [2.24, 2.45) is 0 Å². The molecule has 0 unspecified atom stereocenters. The molecule has 0 fully saturated rings. The number of thioether (sulfide) groups is 1. The minimum absolute atomic E-state index is 0.0485. The van der Waals surface area contributed by atoms with Gasteiger partial charge in [0.2, 0.25) is 0 Å². The average molecular weight is 191 g/mol. The number of carboxylic acid groups (broad SMARTS) is 1. The summed E-state index contributed by atoms with van der Waals surface area (Å²) in [5.41, 5.74) is 0. The van der Waals surface area contributed by atoms with Crippen LogP contribution in [0.2, 0.25) is 0 Å². The van der Waals surface area contributed by atoms with Gasteiger partial charge in [-0.05, 0) is 7.05 Å². The molecule has 12 heavy (non-hydrogen) atoms. The van der Waals surface area contributed by atoms with E-state index in [1.165, 1.54) is 11.8 Å². The molecule has 0 atom stereocenters. The maximum Gasteiger partial charge on any atom is 0.303 e. The van der Waals surface area contributed by atoms with E-state index in [-0.39, 0.29) is 18.0 Å².